The number of benzene rings is 1. The lowest BCUT2D eigenvalue weighted by molar-refractivity contribution is -0.125. The zero-order chi connectivity index (χ0) is 12.9. The molecule has 1 aromatic carbocycles. The van der Waals surface area contributed by atoms with Crippen molar-refractivity contribution in [2.24, 2.45) is 5.73 Å². The van der Waals surface area contributed by atoms with E-state index >= 15 is 0 Å². The molecule has 102 valence electrons. The van der Waals surface area contributed by atoms with Gasteiger partial charge in [-0.1, -0.05) is 12.1 Å². The molecular formula is C13H20ClFN2O. The summed E-state index contributed by atoms with van der Waals surface area (Å²) < 4.78 is 12.8. The first-order valence-corrected chi connectivity index (χ1v) is 5.73. The largest absolute Gasteiger partial charge is 0.355 e. The summed E-state index contributed by atoms with van der Waals surface area (Å²) in [5.74, 6) is -0.370. The highest BCUT2D eigenvalue weighted by Gasteiger charge is 2.29. The van der Waals surface area contributed by atoms with E-state index in [1.807, 2.05) is 13.8 Å². The van der Waals surface area contributed by atoms with Crippen molar-refractivity contribution in [3.05, 3.63) is 35.6 Å². The molecule has 3 N–H and O–H groups in total. The van der Waals surface area contributed by atoms with Crippen LogP contribution in [-0.2, 0) is 10.2 Å². The number of nitrogens with two attached hydrogens (primary N) is 1. The second kappa shape index (κ2) is 7.34. The third-order valence-corrected chi connectivity index (χ3v) is 2.80. The fourth-order valence-electron chi connectivity index (χ4n) is 1.52. The van der Waals surface area contributed by atoms with Gasteiger partial charge < -0.3 is 11.1 Å². The molecule has 18 heavy (non-hydrogen) atoms. The minimum atomic E-state index is -0.664. The molecule has 0 aromatic heterocycles. The Morgan fingerprint density at radius 3 is 2.39 bits per heavy atom. The minimum absolute atomic E-state index is 0. The first kappa shape index (κ1) is 16.9. The van der Waals surface area contributed by atoms with Crippen molar-refractivity contribution in [2.45, 2.75) is 25.7 Å². The van der Waals surface area contributed by atoms with E-state index in [2.05, 4.69) is 5.32 Å². The van der Waals surface area contributed by atoms with Crippen LogP contribution >= 0.6 is 12.4 Å². The van der Waals surface area contributed by atoms with Crippen molar-refractivity contribution >= 4 is 18.3 Å². The van der Waals surface area contributed by atoms with Crippen LogP contribution < -0.4 is 11.1 Å². The maximum atomic E-state index is 12.8. The second-order valence-corrected chi connectivity index (χ2v) is 4.53. The van der Waals surface area contributed by atoms with Gasteiger partial charge in [-0.05, 0) is 44.5 Å². The molecule has 0 fully saturated rings. The molecule has 0 aliphatic carbocycles. The number of hydrogen-bond acceptors (Lipinski definition) is 2. The van der Waals surface area contributed by atoms with E-state index in [0.29, 0.717) is 13.1 Å². The van der Waals surface area contributed by atoms with Crippen LogP contribution in [0.4, 0.5) is 4.39 Å². The smallest absolute Gasteiger partial charge is 0.230 e. The molecule has 0 aliphatic heterocycles. The molecule has 0 aliphatic rings. The van der Waals surface area contributed by atoms with Gasteiger partial charge in [0, 0.05) is 6.54 Å². The van der Waals surface area contributed by atoms with E-state index in [-0.39, 0.29) is 24.1 Å². The van der Waals surface area contributed by atoms with Gasteiger partial charge >= 0.3 is 0 Å². The SMILES string of the molecule is CC(C)(C(=O)NCCCN)c1ccc(F)cc1.Cl. The van der Waals surface area contributed by atoms with Gasteiger partial charge in [-0.25, -0.2) is 4.39 Å². The lowest BCUT2D eigenvalue weighted by atomic mass is 9.83. The number of halogens is 2. The predicted molar refractivity (Wildman–Crippen MR) is 73.4 cm³/mol. The Bertz CT molecular complexity index is 379. The predicted octanol–water partition coefficient (Wildman–Crippen LogP) is 1.99. The topological polar surface area (TPSA) is 55.1 Å². The molecule has 0 spiro atoms. The number of hydrogen-bond donors (Lipinski definition) is 2. The summed E-state index contributed by atoms with van der Waals surface area (Å²) in [5, 5.41) is 2.82. The molecule has 1 amide bonds. The van der Waals surface area contributed by atoms with Gasteiger partial charge in [0.2, 0.25) is 5.91 Å². The average molecular weight is 275 g/mol. The molecule has 1 aromatic rings. The summed E-state index contributed by atoms with van der Waals surface area (Å²) in [7, 11) is 0. The summed E-state index contributed by atoms with van der Waals surface area (Å²) in [6, 6.07) is 6.00. The van der Waals surface area contributed by atoms with Crippen LogP contribution in [0, 0.1) is 5.82 Å². The fourth-order valence-corrected chi connectivity index (χ4v) is 1.52. The Morgan fingerprint density at radius 1 is 1.33 bits per heavy atom. The first-order chi connectivity index (χ1) is 7.98. The molecule has 0 bridgehead atoms. The van der Waals surface area contributed by atoms with E-state index in [1.165, 1.54) is 12.1 Å². The number of rotatable bonds is 5. The van der Waals surface area contributed by atoms with Crippen LogP contribution in [0.15, 0.2) is 24.3 Å². The number of carbonyl (C=O) groups is 1. The van der Waals surface area contributed by atoms with Crippen LogP contribution in [0.5, 0.6) is 0 Å². The maximum Gasteiger partial charge on any atom is 0.230 e. The van der Waals surface area contributed by atoms with Gasteiger partial charge in [-0.3, -0.25) is 4.79 Å². The van der Waals surface area contributed by atoms with E-state index in [4.69, 9.17) is 5.73 Å². The van der Waals surface area contributed by atoms with E-state index in [1.54, 1.807) is 12.1 Å². The Balaban J connectivity index is 0.00000289. The molecule has 0 heterocycles. The van der Waals surface area contributed by atoms with Gasteiger partial charge in [0.05, 0.1) is 5.41 Å². The lowest BCUT2D eigenvalue weighted by Crippen LogP contribution is -2.40. The fraction of sp³-hybridized carbons (Fsp3) is 0.462. The summed E-state index contributed by atoms with van der Waals surface area (Å²) in [6.07, 6.45) is 0.755. The van der Waals surface area contributed by atoms with Crippen LogP contribution in [0.2, 0.25) is 0 Å². The monoisotopic (exact) mass is 274 g/mol. The first-order valence-electron chi connectivity index (χ1n) is 5.73. The number of carbonyl (C=O) groups excluding carboxylic acids is 1. The Labute approximate surface area is 113 Å². The van der Waals surface area contributed by atoms with Gasteiger partial charge in [-0.15, -0.1) is 12.4 Å². The summed E-state index contributed by atoms with van der Waals surface area (Å²) in [5.41, 5.74) is 5.49. The summed E-state index contributed by atoms with van der Waals surface area (Å²) in [6.45, 7) is 4.76. The number of nitrogens with one attached hydrogen (secondary N) is 1. The second-order valence-electron chi connectivity index (χ2n) is 4.53. The zero-order valence-electron chi connectivity index (χ0n) is 10.7. The van der Waals surface area contributed by atoms with Gasteiger partial charge in [-0.2, -0.15) is 0 Å². The van der Waals surface area contributed by atoms with Gasteiger partial charge in [0.1, 0.15) is 5.82 Å². The average Bonchev–Trinajstić information content (AvgIpc) is 2.29. The molecular weight excluding hydrogens is 255 g/mol. The highest BCUT2D eigenvalue weighted by molar-refractivity contribution is 5.87. The van der Waals surface area contributed by atoms with Crippen molar-refractivity contribution in [2.75, 3.05) is 13.1 Å². The molecule has 0 radical (unpaired) electrons. The zero-order valence-corrected chi connectivity index (χ0v) is 11.5. The normalized spacial score (nSPS) is 10.7. The summed E-state index contributed by atoms with van der Waals surface area (Å²) >= 11 is 0. The van der Waals surface area contributed by atoms with Crippen LogP contribution in [0.1, 0.15) is 25.8 Å². The van der Waals surface area contributed by atoms with E-state index in [9.17, 15) is 9.18 Å². The third kappa shape index (κ3) is 4.27. The molecule has 0 atom stereocenters. The lowest BCUT2D eigenvalue weighted by Gasteiger charge is -2.24. The summed E-state index contributed by atoms with van der Waals surface area (Å²) in [4.78, 5) is 12.0. The van der Waals surface area contributed by atoms with Gasteiger partial charge in [0.15, 0.2) is 0 Å². The van der Waals surface area contributed by atoms with Crippen molar-refractivity contribution in [3.63, 3.8) is 0 Å². The Hall–Kier alpha value is -1.13. The van der Waals surface area contributed by atoms with E-state index < -0.39 is 5.41 Å². The van der Waals surface area contributed by atoms with Crippen molar-refractivity contribution in [1.29, 1.82) is 0 Å². The highest BCUT2D eigenvalue weighted by atomic mass is 35.5. The quantitative estimate of drug-likeness (QED) is 0.807. The molecule has 0 saturated heterocycles. The molecule has 3 nitrogen and oxygen atoms in total. The van der Waals surface area contributed by atoms with Crippen LogP contribution in [0.25, 0.3) is 0 Å². The molecule has 0 saturated carbocycles. The minimum Gasteiger partial charge on any atom is -0.355 e. The Kier molecular flexibility index (Phi) is 6.88. The maximum absolute atomic E-state index is 12.8. The van der Waals surface area contributed by atoms with Crippen molar-refractivity contribution < 1.29 is 9.18 Å². The van der Waals surface area contributed by atoms with Crippen molar-refractivity contribution in [3.8, 4) is 0 Å². The molecule has 1 rings (SSSR count). The van der Waals surface area contributed by atoms with E-state index in [0.717, 1.165) is 12.0 Å². The van der Waals surface area contributed by atoms with Crippen LogP contribution in [-0.4, -0.2) is 19.0 Å². The standard InChI is InChI=1S/C13H19FN2O.ClH/c1-13(2,12(17)16-9-3-8-15)10-4-6-11(14)7-5-10;/h4-7H,3,8-9,15H2,1-2H3,(H,16,17);1H. The van der Waals surface area contributed by atoms with Crippen molar-refractivity contribution in [1.82, 2.24) is 5.32 Å². The molecule has 5 heteroatoms. The third-order valence-electron chi connectivity index (χ3n) is 2.80. The van der Waals surface area contributed by atoms with Gasteiger partial charge in [0.25, 0.3) is 0 Å². The Morgan fingerprint density at radius 2 is 1.89 bits per heavy atom. The molecule has 0 unspecified atom stereocenters. The van der Waals surface area contributed by atoms with Crippen LogP contribution in [0.3, 0.4) is 0 Å². The highest BCUT2D eigenvalue weighted by Crippen LogP contribution is 2.23. The number of amides is 1.